The summed E-state index contributed by atoms with van der Waals surface area (Å²) in [6.07, 6.45) is 3.50. The number of ether oxygens (including phenoxy) is 2. The molecule has 1 fully saturated rings. The molecule has 1 aliphatic rings. The van der Waals surface area contributed by atoms with Crippen LogP contribution in [-0.2, 0) is 16.0 Å². The molecule has 3 N–H and O–H groups in total. The highest BCUT2D eigenvalue weighted by Gasteiger charge is 2.30. The van der Waals surface area contributed by atoms with Crippen molar-refractivity contribution in [2.24, 2.45) is 0 Å². The van der Waals surface area contributed by atoms with Crippen LogP contribution in [0.2, 0.25) is 0 Å². The lowest BCUT2D eigenvalue weighted by molar-refractivity contribution is 0.0978. The lowest BCUT2D eigenvalue weighted by Gasteiger charge is -2.14. The van der Waals surface area contributed by atoms with Gasteiger partial charge < -0.3 is 20.1 Å². The van der Waals surface area contributed by atoms with Crippen molar-refractivity contribution in [1.82, 2.24) is 25.3 Å². The summed E-state index contributed by atoms with van der Waals surface area (Å²) in [4.78, 5) is 24.3. The summed E-state index contributed by atoms with van der Waals surface area (Å²) in [5.41, 5.74) is 1.36. The molecule has 0 saturated heterocycles. The first-order valence-electron chi connectivity index (χ1n) is 9.80. The van der Waals surface area contributed by atoms with Gasteiger partial charge in [-0.2, -0.15) is 10.2 Å². The summed E-state index contributed by atoms with van der Waals surface area (Å²) in [6, 6.07) is 3.53. The number of hydrogen-bond acceptors (Lipinski definition) is 6. The number of carbonyl (C=O) groups excluding carboxylic acids is 2. The molecule has 0 aromatic carbocycles. The summed E-state index contributed by atoms with van der Waals surface area (Å²) in [6.45, 7) is 4.74. The average Bonchev–Trinajstić information content (AvgIpc) is 3.39. The van der Waals surface area contributed by atoms with Crippen LogP contribution in [0, 0.1) is 0 Å². The van der Waals surface area contributed by atoms with Crippen molar-refractivity contribution < 1.29 is 19.1 Å². The fourth-order valence-corrected chi connectivity index (χ4v) is 3.42. The zero-order valence-corrected chi connectivity index (χ0v) is 17.0. The molecule has 1 saturated carbocycles. The van der Waals surface area contributed by atoms with Crippen molar-refractivity contribution in [1.29, 1.82) is 0 Å². The number of rotatable bonds is 8. The maximum Gasteiger partial charge on any atom is 0.407 e. The number of alkyl carbamates (subject to hydrolysis) is 1. The molecule has 2 aromatic rings. The Kier molecular flexibility index (Phi) is 6.86. The molecule has 0 unspecified atom stereocenters. The van der Waals surface area contributed by atoms with Crippen LogP contribution in [0.15, 0.2) is 18.3 Å². The molecule has 2 atom stereocenters. The van der Waals surface area contributed by atoms with E-state index in [0.29, 0.717) is 24.7 Å². The van der Waals surface area contributed by atoms with Crippen LogP contribution in [0.25, 0.3) is 0 Å². The molecule has 0 aliphatic heterocycles. The summed E-state index contributed by atoms with van der Waals surface area (Å²) in [5, 5.41) is 16.9. The minimum Gasteiger partial charge on any atom is -0.446 e. The number of aromatic amines is 1. The van der Waals surface area contributed by atoms with Crippen molar-refractivity contribution >= 4 is 17.8 Å². The maximum absolute atomic E-state index is 12.5. The molecule has 10 heteroatoms. The van der Waals surface area contributed by atoms with Gasteiger partial charge >= 0.3 is 6.09 Å². The van der Waals surface area contributed by atoms with E-state index in [1.807, 2.05) is 19.9 Å². The largest absolute Gasteiger partial charge is 0.446 e. The Morgan fingerprint density at radius 3 is 2.97 bits per heavy atom. The van der Waals surface area contributed by atoms with Crippen LogP contribution in [0.3, 0.4) is 0 Å². The normalized spacial score (nSPS) is 18.8. The number of nitrogens with one attached hydrogen (secondary N) is 3. The standard InChI is InChI=1S/C19H28N6O4/c1-12(2)21-19(27)29-14-5-4-13(10-14)15-11-17(24-23-15)22-18(26)16-6-7-20-25(16)8-9-28-3/h6-7,11-14H,4-5,8-10H2,1-3H3,(H,21,27)(H2,22,23,24,26)/t13-,14+/m0/s1. The molecule has 0 radical (unpaired) electrons. The van der Waals surface area contributed by atoms with E-state index in [4.69, 9.17) is 9.47 Å². The highest BCUT2D eigenvalue weighted by Crippen LogP contribution is 2.35. The number of H-pyrrole nitrogens is 1. The molecule has 2 aromatic heterocycles. The zero-order valence-electron chi connectivity index (χ0n) is 17.0. The SMILES string of the molecule is COCCn1nccc1C(=O)Nc1cc([C@H]2CC[C@@H](OC(=O)NC(C)C)C2)[nH]n1. The van der Waals surface area contributed by atoms with Crippen molar-refractivity contribution in [3.8, 4) is 0 Å². The van der Waals surface area contributed by atoms with Crippen molar-refractivity contribution in [2.75, 3.05) is 19.0 Å². The van der Waals surface area contributed by atoms with Gasteiger partial charge in [0.2, 0.25) is 0 Å². The Morgan fingerprint density at radius 2 is 2.21 bits per heavy atom. The average molecular weight is 404 g/mol. The number of amides is 2. The highest BCUT2D eigenvalue weighted by atomic mass is 16.6. The van der Waals surface area contributed by atoms with Crippen LogP contribution >= 0.6 is 0 Å². The smallest absolute Gasteiger partial charge is 0.407 e. The molecule has 10 nitrogen and oxygen atoms in total. The van der Waals surface area contributed by atoms with Crippen molar-refractivity contribution in [3.63, 3.8) is 0 Å². The van der Waals surface area contributed by atoms with Gasteiger partial charge in [0.25, 0.3) is 5.91 Å². The summed E-state index contributed by atoms with van der Waals surface area (Å²) >= 11 is 0. The Balaban J connectivity index is 1.54. The predicted octanol–water partition coefficient (Wildman–Crippen LogP) is 2.28. The molecule has 1 aliphatic carbocycles. The number of anilines is 1. The summed E-state index contributed by atoms with van der Waals surface area (Å²) in [7, 11) is 1.60. The van der Waals surface area contributed by atoms with Crippen LogP contribution in [-0.4, -0.2) is 57.8 Å². The number of aromatic nitrogens is 4. The molecule has 0 spiro atoms. The molecular weight excluding hydrogens is 376 g/mol. The van der Waals surface area contributed by atoms with Gasteiger partial charge in [0.05, 0.1) is 13.2 Å². The molecule has 3 rings (SSSR count). The Labute approximate surface area is 169 Å². The Bertz CT molecular complexity index is 830. The lowest BCUT2D eigenvalue weighted by atomic mass is 10.0. The number of nitrogens with zero attached hydrogens (tertiary/aromatic N) is 3. The number of methoxy groups -OCH3 is 1. The first kappa shape index (κ1) is 20.8. The second-order valence-corrected chi connectivity index (χ2v) is 7.43. The van der Waals surface area contributed by atoms with E-state index in [2.05, 4.69) is 25.9 Å². The lowest BCUT2D eigenvalue weighted by Crippen LogP contribution is -2.33. The Hall–Kier alpha value is -2.88. The van der Waals surface area contributed by atoms with Gasteiger partial charge in [-0.05, 0) is 39.2 Å². The quantitative estimate of drug-likeness (QED) is 0.620. The molecular formula is C19H28N6O4. The van der Waals surface area contributed by atoms with Crippen LogP contribution < -0.4 is 10.6 Å². The second kappa shape index (κ2) is 9.55. The summed E-state index contributed by atoms with van der Waals surface area (Å²) in [5.74, 6) is 0.373. The van der Waals surface area contributed by atoms with Crippen LogP contribution in [0.5, 0.6) is 0 Å². The van der Waals surface area contributed by atoms with E-state index in [0.717, 1.165) is 25.0 Å². The third kappa shape index (κ3) is 5.57. The molecule has 2 amide bonds. The third-order valence-corrected chi connectivity index (χ3v) is 4.80. The molecule has 158 valence electrons. The van der Waals surface area contributed by atoms with E-state index in [9.17, 15) is 9.59 Å². The van der Waals surface area contributed by atoms with E-state index in [1.165, 1.54) is 0 Å². The summed E-state index contributed by atoms with van der Waals surface area (Å²) < 4.78 is 12.1. The number of hydrogen-bond donors (Lipinski definition) is 3. The molecule has 2 heterocycles. The third-order valence-electron chi connectivity index (χ3n) is 4.80. The predicted molar refractivity (Wildman–Crippen MR) is 106 cm³/mol. The van der Waals surface area contributed by atoms with Gasteiger partial charge in [0.1, 0.15) is 11.8 Å². The first-order chi connectivity index (χ1) is 14.0. The van der Waals surface area contributed by atoms with E-state index < -0.39 is 0 Å². The monoisotopic (exact) mass is 404 g/mol. The molecule has 29 heavy (non-hydrogen) atoms. The van der Waals surface area contributed by atoms with E-state index in [-0.39, 0.29) is 30.1 Å². The van der Waals surface area contributed by atoms with E-state index >= 15 is 0 Å². The topological polar surface area (TPSA) is 123 Å². The fraction of sp³-hybridized carbons (Fsp3) is 0.579. The van der Waals surface area contributed by atoms with Gasteiger partial charge in [0, 0.05) is 37.0 Å². The highest BCUT2D eigenvalue weighted by molar-refractivity contribution is 6.02. The Morgan fingerprint density at radius 1 is 1.38 bits per heavy atom. The van der Waals surface area contributed by atoms with Crippen LogP contribution in [0.4, 0.5) is 10.6 Å². The fourth-order valence-electron chi connectivity index (χ4n) is 3.42. The molecule has 0 bridgehead atoms. The van der Waals surface area contributed by atoms with Crippen molar-refractivity contribution in [2.45, 2.75) is 57.7 Å². The minimum atomic E-state index is -0.381. The van der Waals surface area contributed by atoms with Crippen LogP contribution in [0.1, 0.15) is 55.2 Å². The van der Waals surface area contributed by atoms with Gasteiger partial charge in [-0.3, -0.25) is 14.6 Å². The maximum atomic E-state index is 12.5. The van der Waals surface area contributed by atoms with E-state index in [1.54, 1.807) is 24.1 Å². The first-order valence-corrected chi connectivity index (χ1v) is 9.80. The van der Waals surface area contributed by atoms with Gasteiger partial charge in [-0.25, -0.2) is 4.79 Å². The number of carbonyl (C=O) groups is 2. The zero-order chi connectivity index (χ0) is 20.8. The van der Waals surface area contributed by atoms with Gasteiger partial charge in [0.15, 0.2) is 5.82 Å². The second-order valence-electron chi connectivity index (χ2n) is 7.43. The van der Waals surface area contributed by atoms with Gasteiger partial charge in [-0.1, -0.05) is 0 Å². The van der Waals surface area contributed by atoms with Crippen molar-refractivity contribution in [3.05, 3.63) is 29.7 Å². The van der Waals surface area contributed by atoms with Gasteiger partial charge in [-0.15, -0.1) is 0 Å². The minimum absolute atomic E-state index is 0.0456.